The van der Waals surface area contributed by atoms with E-state index in [9.17, 15) is 0 Å². The second-order valence-corrected chi connectivity index (χ2v) is 8.39. The minimum absolute atomic E-state index is 0.431. The third-order valence-corrected chi connectivity index (χ3v) is 5.01. The average molecular weight is 295 g/mol. The summed E-state index contributed by atoms with van der Waals surface area (Å²) in [5.41, 5.74) is 1.71. The Morgan fingerprint density at radius 1 is 1.30 bits per heavy atom. The zero-order valence-corrected chi connectivity index (χ0v) is 14.6. The lowest BCUT2D eigenvalue weighted by Gasteiger charge is -2.18. The van der Waals surface area contributed by atoms with Gasteiger partial charge in [0.2, 0.25) is 0 Å². The van der Waals surface area contributed by atoms with Crippen molar-refractivity contribution in [3.63, 3.8) is 0 Å². The highest BCUT2D eigenvalue weighted by Crippen LogP contribution is 2.37. The van der Waals surface area contributed by atoms with Gasteiger partial charge in [-0.2, -0.15) is 0 Å². The van der Waals surface area contributed by atoms with Gasteiger partial charge in [0.05, 0.1) is 5.69 Å². The third-order valence-electron chi connectivity index (χ3n) is 3.88. The summed E-state index contributed by atoms with van der Waals surface area (Å²) >= 11 is 1.88. The van der Waals surface area contributed by atoms with Gasteiger partial charge >= 0.3 is 0 Å². The van der Waals surface area contributed by atoms with Crippen molar-refractivity contribution >= 4 is 16.5 Å². The Morgan fingerprint density at radius 2 is 2.00 bits per heavy atom. The molecular weight excluding hydrogens is 266 g/mol. The van der Waals surface area contributed by atoms with Crippen molar-refractivity contribution in [2.24, 2.45) is 5.41 Å². The summed E-state index contributed by atoms with van der Waals surface area (Å²) in [5.74, 6) is 0.500. The van der Waals surface area contributed by atoms with Gasteiger partial charge in [-0.15, -0.1) is 11.3 Å². The summed E-state index contributed by atoms with van der Waals surface area (Å²) in [4.78, 5) is 8.82. The van der Waals surface area contributed by atoms with Crippen LogP contribution in [0, 0.1) is 5.41 Å². The predicted octanol–water partition coefficient (Wildman–Crippen LogP) is 4.00. The van der Waals surface area contributed by atoms with Crippen molar-refractivity contribution in [1.82, 2.24) is 10.3 Å². The maximum absolute atomic E-state index is 4.94. The van der Waals surface area contributed by atoms with Gasteiger partial charge in [-0.05, 0) is 17.8 Å². The van der Waals surface area contributed by atoms with E-state index in [2.05, 4.69) is 51.8 Å². The second-order valence-electron chi connectivity index (χ2n) is 7.33. The lowest BCUT2D eigenvalue weighted by atomic mass is 9.93. The van der Waals surface area contributed by atoms with Crippen molar-refractivity contribution in [3.8, 4) is 0 Å². The molecule has 0 saturated carbocycles. The molecule has 114 valence electrons. The molecule has 2 heterocycles. The van der Waals surface area contributed by atoms with Gasteiger partial charge in [0, 0.05) is 30.6 Å². The molecule has 1 aromatic heterocycles. The first-order valence-electron chi connectivity index (χ1n) is 7.76. The fourth-order valence-electron chi connectivity index (χ4n) is 2.64. The maximum atomic E-state index is 4.94. The molecule has 1 saturated heterocycles. The van der Waals surface area contributed by atoms with Crippen LogP contribution in [0.1, 0.15) is 64.5 Å². The van der Waals surface area contributed by atoms with Crippen LogP contribution in [-0.4, -0.2) is 24.1 Å². The molecule has 1 fully saturated rings. The first-order valence-corrected chi connectivity index (χ1v) is 8.58. The smallest absolute Gasteiger partial charge is 0.185 e. The van der Waals surface area contributed by atoms with Gasteiger partial charge in [0.25, 0.3) is 0 Å². The molecule has 1 aliphatic rings. The number of aromatic nitrogens is 1. The summed E-state index contributed by atoms with van der Waals surface area (Å²) in [6, 6.07) is 0.520. The maximum Gasteiger partial charge on any atom is 0.185 e. The number of rotatable bonds is 5. The SMILES string of the molecule is CC(C)NCc1sc(N2CCC(C)(C)C2)nc1C(C)C. The average Bonchev–Trinajstić information content (AvgIpc) is 2.89. The van der Waals surface area contributed by atoms with E-state index in [0.29, 0.717) is 17.4 Å². The summed E-state index contributed by atoms with van der Waals surface area (Å²) in [6.07, 6.45) is 1.27. The van der Waals surface area contributed by atoms with Crippen LogP contribution in [0.2, 0.25) is 0 Å². The number of hydrogen-bond acceptors (Lipinski definition) is 4. The number of hydrogen-bond donors (Lipinski definition) is 1. The van der Waals surface area contributed by atoms with Crippen LogP contribution in [0.25, 0.3) is 0 Å². The Morgan fingerprint density at radius 3 is 2.50 bits per heavy atom. The molecule has 20 heavy (non-hydrogen) atoms. The van der Waals surface area contributed by atoms with Gasteiger partial charge in [-0.1, -0.05) is 41.5 Å². The van der Waals surface area contributed by atoms with Crippen LogP contribution in [0.3, 0.4) is 0 Å². The summed E-state index contributed by atoms with van der Waals surface area (Å²) < 4.78 is 0. The standard InChI is InChI=1S/C16H29N3S/c1-11(2)14-13(9-17-12(3)4)20-15(18-14)19-8-7-16(5,6)10-19/h11-12,17H,7-10H2,1-6H3. The van der Waals surface area contributed by atoms with Crippen LogP contribution in [0.5, 0.6) is 0 Å². The van der Waals surface area contributed by atoms with E-state index in [1.165, 1.54) is 22.1 Å². The quantitative estimate of drug-likeness (QED) is 0.890. The number of nitrogens with one attached hydrogen (secondary N) is 1. The van der Waals surface area contributed by atoms with Crippen LogP contribution in [-0.2, 0) is 6.54 Å². The Balaban J connectivity index is 2.16. The molecule has 0 unspecified atom stereocenters. The van der Waals surface area contributed by atoms with E-state index in [0.717, 1.165) is 19.6 Å². The zero-order valence-electron chi connectivity index (χ0n) is 13.8. The lowest BCUT2D eigenvalue weighted by molar-refractivity contribution is 0.418. The minimum Gasteiger partial charge on any atom is -0.348 e. The van der Waals surface area contributed by atoms with Gasteiger partial charge in [-0.25, -0.2) is 4.98 Å². The van der Waals surface area contributed by atoms with Crippen LogP contribution in [0.15, 0.2) is 0 Å². The molecule has 1 aliphatic heterocycles. The van der Waals surface area contributed by atoms with Crippen molar-refractivity contribution in [2.75, 3.05) is 18.0 Å². The molecule has 0 atom stereocenters. The lowest BCUT2D eigenvalue weighted by Crippen LogP contribution is -2.22. The molecule has 4 heteroatoms. The molecule has 1 N–H and O–H groups in total. The molecular formula is C16H29N3S. The van der Waals surface area contributed by atoms with E-state index in [1.807, 2.05) is 11.3 Å². The van der Waals surface area contributed by atoms with Gasteiger partial charge in [0.15, 0.2) is 5.13 Å². The first kappa shape index (κ1) is 15.8. The van der Waals surface area contributed by atoms with Gasteiger partial charge < -0.3 is 10.2 Å². The van der Waals surface area contributed by atoms with Crippen LogP contribution in [0.4, 0.5) is 5.13 Å². The molecule has 1 aromatic rings. The molecule has 0 aliphatic carbocycles. The van der Waals surface area contributed by atoms with E-state index >= 15 is 0 Å². The normalized spacial score (nSPS) is 18.5. The molecule has 0 radical (unpaired) electrons. The summed E-state index contributed by atoms with van der Waals surface area (Å²) in [6.45, 7) is 16.8. The van der Waals surface area contributed by atoms with Gasteiger partial charge in [-0.3, -0.25) is 0 Å². The van der Waals surface area contributed by atoms with Crippen molar-refractivity contribution < 1.29 is 0 Å². The molecule has 0 spiro atoms. The molecule has 0 bridgehead atoms. The largest absolute Gasteiger partial charge is 0.348 e. The topological polar surface area (TPSA) is 28.2 Å². The van der Waals surface area contributed by atoms with Crippen LogP contribution >= 0.6 is 11.3 Å². The highest BCUT2D eigenvalue weighted by molar-refractivity contribution is 7.15. The third kappa shape index (κ3) is 3.73. The fraction of sp³-hybridized carbons (Fsp3) is 0.812. The Bertz CT molecular complexity index is 449. The first-order chi connectivity index (χ1) is 9.28. The molecule has 0 aromatic carbocycles. The highest BCUT2D eigenvalue weighted by Gasteiger charge is 2.31. The fourth-order valence-corrected chi connectivity index (χ4v) is 3.83. The molecule has 3 nitrogen and oxygen atoms in total. The Labute approximate surface area is 127 Å². The monoisotopic (exact) mass is 295 g/mol. The van der Waals surface area contributed by atoms with E-state index in [-0.39, 0.29) is 0 Å². The Hall–Kier alpha value is -0.610. The summed E-state index contributed by atoms with van der Waals surface area (Å²) in [7, 11) is 0. The van der Waals surface area contributed by atoms with Crippen molar-refractivity contribution in [1.29, 1.82) is 0 Å². The van der Waals surface area contributed by atoms with E-state index in [4.69, 9.17) is 4.98 Å². The highest BCUT2D eigenvalue weighted by atomic mass is 32.1. The van der Waals surface area contributed by atoms with Crippen molar-refractivity contribution in [2.45, 2.75) is 66.5 Å². The molecule has 0 amide bonds. The number of thiazole rings is 1. The number of nitrogens with zero attached hydrogens (tertiary/aromatic N) is 2. The van der Waals surface area contributed by atoms with Crippen molar-refractivity contribution in [3.05, 3.63) is 10.6 Å². The predicted molar refractivity (Wildman–Crippen MR) is 88.8 cm³/mol. The summed E-state index contributed by atoms with van der Waals surface area (Å²) in [5, 5.41) is 4.75. The van der Waals surface area contributed by atoms with E-state index in [1.54, 1.807) is 0 Å². The van der Waals surface area contributed by atoms with Crippen LogP contribution < -0.4 is 10.2 Å². The zero-order chi connectivity index (χ0) is 14.9. The Kier molecular flexibility index (Phi) is 4.75. The van der Waals surface area contributed by atoms with Gasteiger partial charge in [0.1, 0.15) is 0 Å². The number of anilines is 1. The minimum atomic E-state index is 0.431. The molecule has 2 rings (SSSR count). The second kappa shape index (κ2) is 6.02. The van der Waals surface area contributed by atoms with E-state index < -0.39 is 0 Å².